The Balaban J connectivity index is 1.29. The monoisotopic (exact) mass is 588 g/mol. The van der Waals surface area contributed by atoms with Crippen LogP contribution in [0.25, 0.3) is 0 Å². The molecule has 6 aliphatic rings. The Hall–Kier alpha value is -0.990. The van der Waals surface area contributed by atoms with Gasteiger partial charge in [-0.25, -0.2) is 0 Å². The second kappa shape index (κ2) is 10.0. The Morgan fingerprint density at radius 1 is 0.952 bits per heavy atom. The van der Waals surface area contributed by atoms with Crippen molar-refractivity contribution in [1.29, 1.82) is 0 Å². The van der Waals surface area contributed by atoms with Crippen LogP contribution in [0, 0.1) is 56.7 Å². The summed E-state index contributed by atoms with van der Waals surface area (Å²) in [6.07, 6.45) is 6.37. The van der Waals surface area contributed by atoms with E-state index in [-0.39, 0.29) is 46.0 Å². The largest absolute Gasteiger partial charge is 0.481 e. The number of allylic oxidation sites excluding steroid dienone is 2. The van der Waals surface area contributed by atoms with Gasteiger partial charge in [-0.2, -0.15) is 0 Å². The number of ether oxygens (including phenoxy) is 1. The van der Waals surface area contributed by atoms with Gasteiger partial charge >= 0.3 is 5.97 Å². The van der Waals surface area contributed by atoms with E-state index in [9.17, 15) is 30.3 Å². The number of carboxylic acid groups (broad SMARTS) is 1. The highest BCUT2D eigenvalue weighted by Crippen LogP contribution is 2.75. The minimum absolute atomic E-state index is 0.0163. The van der Waals surface area contributed by atoms with E-state index in [0.717, 1.165) is 64.2 Å². The molecule has 0 aromatic carbocycles. The molecule has 5 fully saturated rings. The first-order valence-corrected chi connectivity index (χ1v) is 16.8. The topological polar surface area (TPSA) is 127 Å². The second-order valence-electron chi connectivity index (χ2n) is 17.1. The maximum absolute atomic E-state index is 12.9. The van der Waals surface area contributed by atoms with Gasteiger partial charge in [0.05, 0.1) is 18.1 Å². The molecule has 6 rings (SSSR count). The van der Waals surface area contributed by atoms with Crippen molar-refractivity contribution in [1.82, 2.24) is 0 Å². The molecule has 0 aromatic heterocycles. The Kier molecular flexibility index (Phi) is 7.39. The number of aliphatic hydroxyl groups excluding tert-OH is 4. The minimum Gasteiger partial charge on any atom is -0.481 e. The van der Waals surface area contributed by atoms with E-state index in [0.29, 0.717) is 11.8 Å². The molecule has 1 heterocycles. The molecule has 5 aliphatic carbocycles. The predicted octanol–water partition coefficient (Wildman–Crippen LogP) is 4.94. The molecule has 0 aromatic rings. The molecule has 238 valence electrons. The molecule has 0 radical (unpaired) electrons. The van der Waals surface area contributed by atoms with Crippen molar-refractivity contribution in [2.24, 2.45) is 56.7 Å². The van der Waals surface area contributed by atoms with E-state index >= 15 is 0 Å². The molecule has 0 spiro atoms. The molecule has 4 saturated carbocycles. The van der Waals surface area contributed by atoms with Crippen LogP contribution in [0.15, 0.2) is 11.6 Å². The lowest BCUT2D eigenvalue weighted by Crippen LogP contribution is -2.64. The second-order valence-corrected chi connectivity index (χ2v) is 17.1. The van der Waals surface area contributed by atoms with Crippen molar-refractivity contribution in [3.63, 3.8) is 0 Å². The van der Waals surface area contributed by atoms with Gasteiger partial charge in [0.1, 0.15) is 24.4 Å². The normalized spacial score (nSPS) is 54.3. The van der Waals surface area contributed by atoms with Gasteiger partial charge in [0.15, 0.2) is 0 Å². The average Bonchev–Trinajstić information content (AvgIpc) is 2.91. The summed E-state index contributed by atoms with van der Waals surface area (Å²) in [6.45, 7) is 14.3. The van der Waals surface area contributed by atoms with E-state index in [1.807, 2.05) is 0 Å². The molecule has 7 heteroatoms. The molecule has 6 unspecified atom stereocenters. The quantitative estimate of drug-likeness (QED) is 0.296. The minimum atomic E-state index is -1.31. The summed E-state index contributed by atoms with van der Waals surface area (Å²) in [6, 6.07) is 0. The van der Waals surface area contributed by atoms with Gasteiger partial charge in [-0.3, -0.25) is 4.79 Å². The number of fused-ring (bicyclic) bond motifs is 7. The molecular formula is C35H56O7. The van der Waals surface area contributed by atoms with Gasteiger partial charge in [-0.15, -0.1) is 0 Å². The van der Waals surface area contributed by atoms with Crippen LogP contribution >= 0.6 is 0 Å². The van der Waals surface area contributed by atoms with E-state index < -0.39 is 41.9 Å². The molecule has 0 bridgehead atoms. The van der Waals surface area contributed by atoms with E-state index in [1.165, 1.54) is 5.57 Å². The highest BCUT2D eigenvalue weighted by molar-refractivity contribution is 5.76. The zero-order chi connectivity index (χ0) is 30.6. The van der Waals surface area contributed by atoms with Gasteiger partial charge in [0, 0.05) is 0 Å². The smallest absolute Gasteiger partial charge is 0.310 e. The van der Waals surface area contributed by atoms with E-state index in [4.69, 9.17) is 4.74 Å². The van der Waals surface area contributed by atoms with Crippen LogP contribution in [-0.2, 0) is 9.53 Å². The Morgan fingerprint density at radius 3 is 2.33 bits per heavy atom. The first-order chi connectivity index (χ1) is 19.5. The van der Waals surface area contributed by atoms with E-state index in [1.54, 1.807) is 0 Å². The van der Waals surface area contributed by atoms with Crippen molar-refractivity contribution in [2.45, 2.75) is 136 Å². The summed E-state index contributed by atoms with van der Waals surface area (Å²) in [5.41, 5.74) is 1.15. The lowest BCUT2D eigenvalue weighted by molar-refractivity contribution is -0.231. The summed E-state index contributed by atoms with van der Waals surface area (Å²) in [4.78, 5) is 12.9. The van der Waals surface area contributed by atoms with Crippen LogP contribution in [0.4, 0.5) is 0 Å². The highest BCUT2D eigenvalue weighted by Gasteiger charge is 2.68. The molecule has 7 nitrogen and oxygen atoms in total. The Labute approximate surface area is 252 Å². The fraction of sp³-hybridized carbons (Fsp3) is 0.914. The van der Waals surface area contributed by atoms with Gasteiger partial charge in [-0.05, 0) is 115 Å². The molecular weight excluding hydrogens is 532 g/mol. The molecule has 1 aliphatic heterocycles. The molecule has 42 heavy (non-hydrogen) atoms. The van der Waals surface area contributed by atoms with Crippen LogP contribution in [0.2, 0.25) is 0 Å². The maximum atomic E-state index is 12.9. The number of rotatable bonds is 3. The lowest BCUT2D eigenvalue weighted by Gasteiger charge is -2.70. The van der Waals surface area contributed by atoms with Gasteiger partial charge < -0.3 is 30.3 Å². The van der Waals surface area contributed by atoms with E-state index in [2.05, 4.69) is 47.6 Å². The van der Waals surface area contributed by atoms with Crippen LogP contribution in [0.1, 0.15) is 106 Å². The molecule has 14 atom stereocenters. The number of aliphatic carboxylic acids is 1. The van der Waals surface area contributed by atoms with Gasteiger partial charge in [0.25, 0.3) is 0 Å². The first kappa shape index (κ1) is 31.0. The maximum Gasteiger partial charge on any atom is 0.310 e. The van der Waals surface area contributed by atoms with Crippen molar-refractivity contribution in [3.8, 4) is 0 Å². The van der Waals surface area contributed by atoms with Crippen molar-refractivity contribution in [3.05, 3.63) is 11.6 Å². The van der Waals surface area contributed by atoms with Crippen molar-refractivity contribution < 1.29 is 35.1 Å². The number of aliphatic hydroxyl groups is 4. The summed E-state index contributed by atoms with van der Waals surface area (Å²) < 4.78 is 5.70. The summed E-state index contributed by atoms with van der Waals surface area (Å²) in [5, 5.41) is 52.9. The van der Waals surface area contributed by atoms with Gasteiger partial charge in [-0.1, -0.05) is 53.2 Å². The third-order valence-electron chi connectivity index (χ3n) is 15.0. The van der Waals surface area contributed by atoms with Crippen LogP contribution in [-0.4, -0.2) is 68.6 Å². The fourth-order valence-electron chi connectivity index (χ4n) is 12.1. The fourth-order valence-corrected chi connectivity index (χ4v) is 12.1. The highest BCUT2D eigenvalue weighted by atomic mass is 16.5. The van der Waals surface area contributed by atoms with Crippen LogP contribution in [0.5, 0.6) is 0 Å². The average molecular weight is 589 g/mol. The van der Waals surface area contributed by atoms with Crippen molar-refractivity contribution >= 4 is 5.97 Å². The third-order valence-corrected chi connectivity index (χ3v) is 15.0. The van der Waals surface area contributed by atoms with Crippen LogP contribution < -0.4 is 0 Å². The number of carboxylic acids is 1. The molecule has 0 amide bonds. The lowest BCUT2D eigenvalue weighted by atomic mass is 9.34. The number of carbonyl (C=O) groups is 1. The Bertz CT molecular complexity index is 1120. The zero-order valence-corrected chi connectivity index (χ0v) is 26.7. The number of hydrogen-bond donors (Lipinski definition) is 5. The summed E-state index contributed by atoms with van der Waals surface area (Å²) in [7, 11) is 0. The van der Waals surface area contributed by atoms with Gasteiger partial charge in [0.2, 0.25) is 0 Å². The standard InChI is InChI=1S/C35H56O7/c1-19-20(26(37)29-28(39)27(38)24(36)18-42-29)9-11-32(4)21(19)10-12-34(6)25(32)8-7-22-23-17-31(2,3)13-15-35(23,30(40)41)16-14-33(22,34)5/h7,19-21,23-29,36-39H,8-18H2,1-6H3,(H,40,41)/t19-,20-,21?,23?,24+,25?,26?,27?,28?,29-,32-,33+,34+,35-/m0/s1. The predicted molar refractivity (Wildman–Crippen MR) is 159 cm³/mol. The Morgan fingerprint density at radius 2 is 1.64 bits per heavy atom. The van der Waals surface area contributed by atoms with Crippen molar-refractivity contribution in [2.75, 3.05) is 6.61 Å². The zero-order valence-electron chi connectivity index (χ0n) is 26.7. The summed E-state index contributed by atoms with van der Waals surface area (Å²) >= 11 is 0. The third kappa shape index (κ3) is 4.12. The first-order valence-electron chi connectivity index (χ1n) is 16.8. The number of hydrogen-bond acceptors (Lipinski definition) is 6. The summed E-state index contributed by atoms with van der Waals surface area (Å²) in [5.74, 6) is 0.617. The molecule has 1 saturated heterocycles. The SMILES string of the molecule is C[C@@H]1C2CC[C@]3(C)C(CC=C4C5CC(C)(C)CC[C@]5(C(=O)O)CC[C@]43C)[C@@]2(C)CC[C@@H]1C(O)[C@@H]1OC[C@@H](O)C(O)C1O. The molecule has 5 N–H and O–H groups in total. The van der Waals surface area contributed by atoms with Crippen LogP contribution in [0.3, 0.4) is 0 Å².